The molecule has 10 heteroatoms. The van der Waals surface area contributed by atoms with E-state index in [2.05, 4.69) is 65.9 Å². The van der Waals surface area contributed by atoms with Gasteiger partial charge in [-0.05, 0) is 22.3 Å². The first-order valence-electron chi connectivity index (χ1n) is 11.6. The highest BCUT2D eigenvalue weighted by molar-refractivity contribution is 6.99. The van der Waals surface area contributed by atoms with Crippen molar-refractivity contribution in [2.24, 2.45) is 0 Å². The molecule has 3 atom stereocenters. The lowest BCUT2D eigenvalue weighted by Crippen LogP contribution is -2.70. The molecule has 3 aromatic rings. The van der Waals surface area contributed by atoms with Crippen LogP contribution >= 0.6 is 0 Å². The second kappa shape index (κ2) is 9.63. The van der Waals surface area contributed by atoms with Crippen molar-refractivity contribution in [3.63, 3.8) is 0 Å². The van der Waals surface area contributed by atoms with E-state index in [0.717, 1.165) is 0 Å². The fraction of sp³-hybridized carbons (Fsp3) is 0.360. The molecule has 2 heterocycles. The molecule has 9 nitrogen and oxygen atoms in total. The van der Waals surface area contributed by atoms with E-state index in [-0.39, 0.29) is 23.6 Å². The predicted octanol–water partition coefficient (Wildman–Crippen LogP) is 2.05. The fourth-order valence-corrected chi connectivity index (χ4v) is 9.34. The minimum absolute atomic E-state index is 0.175. The number of carbonyl (C=O) groups excluding carboxylic acids is 1. The summed E-state index contributed by atoms with van der Waals surface area (Å²) in [5.41, 5.74) is 0.673. The topological polar surface area (TPSA) is 118 Å². The monoisotopic (exact) mass is 493 g/mol. The molecule has 1 unspecified atom stereocenters. The molecule has 2 amide bonds. The Morgan fingerprint density at radius 1 is 1.14 bits per heavy atom. The minimum Gasteiger partial charge on any atom is -0.465 e. The Balaban J connectivity index is 1.61. The molecule has 1 saturated heterocycles. The van der Waals surface area contributed by atoms with Crippen molar-refractivity contribution in [2.45, 2.75) is 57.5 Å². The molecule has 184 valence electrons. The molecule has 0 bridgehead atoms. The summed E-state index contributed by atoms with van der Waals surface area (Å²) in [6.45, 7) is 8.89. The zero-order chi connectivity index (χ0) is 25.2. The van der Waals surface area contributed by atoms with E-state index < -0.39 is 26.5 Å². The van der Waals surface area contributed by atoms with Gasteiger partial charge in [0.1, 0.15) is 11.7 Å². The Kier molecular flexibility index (Phi) is 6.77. The van der Waals surface area contributed by atoms with Gasteiger partial charge in [0.2, 0.25) is 5.91 Å². The van der Waals surface area contributed by atoms with Crippen LogP contribution in [0.4, 0.5) is 4.79 Å². The summed E-state index contributed by atoms with van der Waals surface area (Å²) in [5, 5.41) is 25.0. The van der Waals surface area contributed by atoms with E-state index in [1.807, 2.05) is 43.3 Å². The van der Waals surface area contributed by atoms with Crippen LogP contribution in [0.2, 0.25) is 5.04 Å². The molecular formula is C25H31N5O4Si. The van der Waals surface area contributed by atoms with Gasteiger partial charge in [-0.3, -0.25) is 4.79 Å². The highest BCUT2D eigenvalue weighted by Crippen LogP contribution is 2.39. The number of nitrogens with one attached hydrogen (secondary N) is 2. The molecular weight excluding hydrogens is 462 g/mol. The second-order valence-electron chi connectivity index (χ2n) is 9.79. The van der Waals surface area contributed by atoms with Crippen LogP contribution in [0.1, 0.15) is 39.5 Å². The predicted molar refractivity (Wildman–Crippen MR) is 134 cm³/mol. The molecule has 1 fully saturated rings. The van der Waals surface area contributed by atoms with Gasteiger partial charge in [0.25, 0.3) is 8.32 Å². The Hall–Kier alpha value is -3.50. The van der Waals surface area contributed by atoms with Gasteiger partial charge < -0.3 is 20.2 Å². The number of nitrogens with zero attached hydrogens (tertiary/aromatic N) is 3. The highest BCUT2D eigenvalue weighted by Gasteiger charge is 2.51. The number of carboxylic acid groups (broad SMARTS) is 1. The smallest absolute Gasteiger partial charge is 0.405 e. The molecule has 0 radical (unpaired) electrons. The lowest BCUT2D eigenvalue weighted by molar-refractivity contribution is -0.131. The molecule has 1 aliphatic rings. The average molecular weight is 494 g/mol. The molecule has 0 spiro atoms. The van der Waals surface area contributed by atoms with Crippen molar-refractivity contribution in [1.82, 2.24) is 25.6 Å². The van der Waals surface area contributed by atoms with Gasteiger partial charge in [0, 0.05) is 0 Å². The molecule has 3 N–H and O–H groups in total. The van der Waals surface area contributed by atoms with Gasteiger partial charge in [-0.25, -0.2) is 4.79 Å². The van der Waals surface area contributed by atoms with Crippen LogP contribution in [0.25, 0.3) is 0 Å². The number of carbonyl (C=O) groups is 2. The summed E-state index contributed by atoms with van der Waals surface area (Å²) < 4.78 is 7.07. The summed E-state index contributed by atoms with van der Waals surface area (Å²) in [5.74, 6) is -0.354. The number of hydrogen-bond donors (Lipinski definition) is 3. The van der Waals surface area contributed by atoms with Gasteiger partial charge in [-0.15, -0.1) is 0 Å². The maximum Gasteiger partial charge on any atom is 0.405 e. The van der Waals surface area contributed by atoms with E-state index >= 15 is 0 Å². The van der Waals surface area contributed by atoms with Crippen molar-refractivity contribution in [3.05, 3.63) is 72.6 Å². The maximum atomic E-state index is 11.7. The van der Waals surface area contributed by atoms with Crippen molar-refractivity contribution in [2.75, 3.05) is 0 Å². The zero-order valence-corrected chi connectivity index (χ0v) is 21.3. The van der Waals surface area contributed by atoms with Crippen molar-refractivity contribution < 1.29 is 19.1 Å². The Morgan fingerprint density at radius 2 is 1.71 bits per heavy atom. The Bertz CT molecular complexity index is 1140. The van der Waals surface area contributed by atoms with Crippen LogP contribution in [0.3, 0.4) is 0 Å². The molecule has 0 saturated carbocycles. The van der Waals surface area contributed by atoms with Gasteiger partial charge in [0.15, 0.2) is 0 Å². The van der Waals surface area contributed by atoms with Crippen LogP contribution < -0.4 is 21.0 Å². The molecule has 0 aliphatic carbocycles. The lowest BCUT2D eigenvalue weighted by atomic mass is 9.99. The Labute approximate surface area is 205 Å². The van der Waals surface area contributed by atoms with Crippen LogP contribution in [-0.2, 0) is 15.8 Å². The van der Waals surface area contributed by atoms with Gasteiger partial charge >= 0.3 is 6.09 Å². The summed E-state index contributed by atoms with van der Waals surface area (Å²) in [6.07, 6.45) is 0.0815. The van der Waals surface area contributed by atoms with E-state index in [1.54, 1.807) is 6.20 Å². The number of rotatable bonds is 8. The fourth-order valence-electron chi connectivity index (χ4n) is 4.67. The Morgan fingerprint density at radius 3 is 2.20 bits per heavy atom. The van der Waals surface area contributed by atoms with Crippen LogP contribution in [0.5, 0.6) is 0 Å². The third kappa shape index (κ3) is 4.84. The van der Waals surface area contributed by atoms with Gasteiger partial charge in [0.05, 0.1) is 24.9 Å². The maximum absolute atomic E-state index is 11.7. The van der Waals surface area contributed by atoms with Crippen molar-refractivity contribution in [3.8, 4) is 0 Å². The highest BCUT2D eigenvalue weighted by atomic mass is 28.4. The molecule has 35 heavy (non-hydrogen) atoms. The summed E-state index contributed by atoms with van der Waals surface area (Å²) in [6, 6.07) is 19.6. The minimum atomic E-state index is -2.76. The number of benzene rings is 2. The van der Waals surface area contributed by atoms with Crippen LogP contribution in [0.15, 0.2) is 66.9 Å². The zero-order valence-electron chi connectivity index (χ0n) is 20.3. The van der Waals surface area contributed by atoms with Crippen LogP contribution in [0, 0.1) is 0 Å². The number of aromatic nitrogens is 3. The first kappa shape index (κ1) is 24.6. The summed E-state index contributed by atoms with van der Waals surface area (Å²) >= 11 is 0. The third-order valence-corrected chi connectivity index (χ3v) is 11.5. The first-order valence-corrected chi connectivity index (χ1v) is 13.5. The van der Waals surface area contributed by atoms with E-state index in [4.69, 9.17) is 9.53 Å². The number of β-lactam (4-membered cyclic amide) rings is 1. The normalized spacial score (nSPS) is 18.9. The van der Waals surface area contributed by atoms with Crippen molar-refractivity contribution >= 4 is 30.7 Å². The molecule has 1 aliphatic heterocycles. The second-order valence-corrected chi connectivity index (χ2v) is 14.0. The third-order valence-electron chi connectivity index (χ3n) is 6.39. The standard InChI is InChI=1S/C25H31N5O4Si/c1-17(20-15-26-30(29-20)16-21-22(23(31)27-21)28-24(32)33)34-35(25(2,3)4,18-11-7-5-8-12-18)19-13-9-6-10-14-19/h5-15,17,21-22,28H,16H2,1-4H3,(H,27,31)(H,32,33)/t17?,21-,22-/m0/s1. The molecule has 1 aromatic heterocycles. The van der Waals surface area contributed by atoms with Gasteiger partial charge in [-0.2, -0.15) is 15.0 Å². The largest absolute Gasteiger partial charge is 0.465 e. The average Bonchev–Trinajstić information content (AvgIpc) is 3.30. The van der Waals surface area contributed by atoms with E-state index in [9.17, 15) is 9.59 Å². The summed E-state index contributed by atoms with van der Waals surface area (Å²) in [4.78, 5) is 24.1. The first-order chi connectivity index (χ1) is 16.6. The number of amides is 2. The number of hydrogen-bond acceptors (Lipinski definition) is 5. The van der Waals surface area contributed by atoms with E-state index in [0.29, 0.717) is 5.69 Å². The SMILES string of the molecule is CC(O[Si](c1ccccc1)(c1ccccc1)C(C)(C)C)c1cnn(C[C@@H]2NC(=O)[C@H]2NC(=O)O)n1. The van der Waals surface area contributed by atoms with Crippen LogP contribution in [-0.4, -0.2) is 52.5 Å². The van der Waals surface area contributed by atoms with Crippen molar-refractivity contribution in [1.29, 1.82) is 0 Å². The van der Waals surface area contributed by atoms with E-state index in [1.165, 1.54) is 15.2 Å². The molecule has 4 rings (SSSR count). The molecule has 2 aromatic carbocycles. The lowest BCUT2D eigenvalue weighted by Gasteiger charge is -2.44. The van der Waals surface area contributed by atoms with Gasteiger partial charge in [-0.1, -0.05) is 81.4 Å². The summed E-state index contributed by atoms with van der Waals surface area (Å²) in [7, 11) is -2.76. The quantitative estimate of drug-likeness (QED) is 0.327.